The van der Waals surface area contributed by atoms with E-state index in [4.69, 9.17) is 0 Å². The van der Waals surface area contributed by atoms with Crippen LogP contribution in [0.5, 0.6) is 0 Å². The Balaban J connectivity index is 1.91. The Labute approximate surface area is 119 Å². The van der Waals surface area contributed by atoms with Crippen LogP contribution in [-0.2, 0) is 14.8 Å². The molecule has 1 fully saturated rings. The van der Waals surface area contributed by atoms with Crippen LogP contribution in [0.3, 0.4) is 0 Å². The summed E-state index contributed by atoms with van der Waals surface area (Å²) in [4.78, 5) is 11.8. The van der Waals surface area contributed by atoms with Crippen LogP contribution in [-0.4, -0.2) is 26.9 Å². The van der Waals surface area contributed by atoms with Gasteiger partial charge in [0.1, 0.15) is 0 Å². The zero-order valence-corrected chi connectivity index (χ0v) is 12.6. The van der Waals surface area contributed by atoms with Crippen molar-refractivity contribution in [3.63, 3.8) is 0 Å². The number of benzene rings is 1. The first-order chi connectivity index (χ1) is 9.38. The Morgan fingerprint density at radius 2 is 2.00 bits per heavy atom. The van der Waals surface area contributed by atoms with E-state index in [0.717, 1.165) is 18.4 Å². The third-order valence-corrected chi connectivity index (χ3v) is 4.83. The largest absolute Gasteiger partial charge is 0.353 e. The fraction of sp³-hybridized carbons (Fsp3) is 0.500. The van der Waals surface area contributed by atoms with E-state index >= 15 is 0 Å². The van der Waals surface area contributed by atoms with Crippen molar-refractivity contribution in [2.24, 2.45) is 0 Å². The SMILES string of the molecule is Cc1ccc(S(=O)(=O)NCCC(=O)NC2CC2)c(C)c1. The summed E-state index contributed by atoms with van der Waals surface area (Å²) in [6, 6.07) is 5.49. The molecule has 1 saturated carbocycles. The lowest BCUT2D eigenvalue weighted by Crippen LogP contribution is -2.32. The topological polar surface area (TPSA) is 75.3 Å². The van der Waals surface area contributed by atoms with Crippen molar-refractivity contribution < 1.29 is 13.2 Å². The second kappa shape index (κ2) is 5.93. The molecule has 1 aromatic carbocycles. The molecule has 0 aliphatic heterocycles. The number of aryl methyl sites for hydroxylation is 2. The summed E-state index contributed by atoms with van der Waals surface area (Å²) < 4.78 is 26.7. The van der Waals surface area contributed by atoms with Crippen LogP contribution in [0.25, 0.3) is 0 Å². The molecule has 6 heteroatoms. The number of amides is 1. The lowest BCUT2D eigenvalue weighted by atomic mass is 10.2. The molecule has 0 radical (unpaired) electrons. The Bertz CT molecular complexity index is 607. The van der Waals surface area contributed by atoms with Gasteiger partial charge in [0, 0.05) is 19.0 Å². The Hall–Kier alpha value is -1.40. The molecular formula is C14H20N2O3S. The molecular weight excluding hydrogens is 276 g/mol. The number of nitrogens with one attached hydrogen (secondary N) is 2. The van der Waals surface area contributed by atoms with Gasteiger partial charge in [-0.15, -0.1) is 0 Å². The molecule has 0 bridgehead atoms. The fourth-order valence-electron chi connectivity index (χ4n) is 2.01. The van der Waals surface area contributed by atoms with Crippen molar-refractivity contribution >= 4 is 15.9 Å². The van der Waals surface area contributed by atoms with Crippen molar-refractivity contribution in [2.45, 2.75) is 44.0 Å². The average molecular weight is 296 g/mol. The fourth-order valence-corrected chi connectivity index (χ4v) is 3.26. The third kappa shape index (κ3) is 4.05. The van der Waals surface area contributed by atoms with Crippen LogP contribution in [0.1, 0.15) is 30.4 Å². The first-order valence-corrected chi connectivity index (χ1v) is 8.23. The van der Waals surface area contributed by atoms with Gasteiger partial charge in [0.2, 0.25) is 15.9 Å². The molecule has 110 valence electrons. The summed E-state index contributed by atoms with van der Waals surface area (Å²) >= 11 is 0. The van der Waals surface area contributed by atoms with Gasteiger partial charge in [-0.25, -0.2) is 13.1 Å². The van der Waals surface area contributed by atoms with Crippen molar-refractivity contribution in [1.82, 2.24) is 10.0 Å². The molecule has 2 rings (SSSR count). The van der Waals surface area contributed by atoms with Crippen LogP contribution in [0.4, 0.5) is 0 Å². The van der Waals surface area contributed by atoms with Crippen LogP contribution >= 0.6 is 0 Å². The van der Waals surface area contributed by atoms with E-state index in [1.54, 1.807) is 19.1 Å². The van der Waals surface area contributed by atoms with Gasteiger partial charge in [-0.2, -0.15) is 0 Å². The molecule has 1 aromatic rings. The van der Waals surface area contributed by atoms with Gasteiger partial charge < -0.3 is 5.32 Å². The van der Waals surface area contributed by atoms with Gasteiger partial charge in [0.15, 0.2) is 0 Å². The van der Waals surface area contributed by atoms with E-state index < -0.39 is 10.0 Å². The number of hydrogen-bond acceptors (Lipinski definition) is 3. The van der Waals surface area contributed by atoms with Gasteiger partial charge in [-0.1, -0.05) is 17.7 Å². The monoisotopic (exact) mass is 296 g/mol. The van der Waals surface area contributed by atoms with E-state index in [-0.39, 0.29) is 23.8 Å². The van der Waals surface area contributed by atoms with Gasteiger partial charge in [-0.05, 0) is 38.3 Å². The summed E-state index contributed by atoms with van der Waals surface area (Å²) in [5.41, 5.74) is 1.73. The zero-order valence-electron chi connectivity index (χ0n) is 11.8. The van der Waals surface area contributed by atoms with Crippen LogP contribution in [0.2, 0.25) is 0 Å². The Morgan fingerprint density at radius 1 is 1.30 bits per heavy atom. The summed E-state index contributed by atoms with van der Waals surface area (Å²) in [5.74, 6) is -0.101. The van der Waals surface area contributed by atoms with Gasteiger partial charge in [-0.3, -0.25) is 4.79 Å². The lowest BCUT2D eigenvalue weighted by Gasteiger charge is -2.10. The van der Waals surface area contributed by atoms with E-state index in [1.165, 1.54) is 0 Å². The van der Waals surface area contributed by atoms with Crippen molar-refractivity contribution in [3.8, 4) is 0 Å². The van der Waals surface area contributed by atoms with Crippen LogP contribution in [0.15, 0.2) is 23.1 Å². The molecule has 0 unspecified atom stereocenters. The number of carbonyl (C=O) groups is 1. The predicted octanol–water partition coefficient (Wildman–Crippen LogP) is 1.25. The van der Waals surface area contributed by atoms with Crippen LogP contribution < -0.4 is 10.0 Å². The number of rotatable bonds is 6. The summed E-state index contributed by atoms with van der Waals surface area (Å²) in [5, 5.41) is 2.82. The number of carbonyl (C=O) groups excluding carboxylic acids is 1. The molecule has 0 saturated heterocycles. The Morgan fingerprint density at radius 3 is 2.60 bits per heavy atom. The normalized spacial score (nSPS) is 15.1. The molecule has 1 aliphatic rings. The molecule has 0 spiro atoms. The predicted molar refractivity (Wildman–Crippen MR) is 76.9 cm³/mol. The van der Waals surface area contributed by atoms with Gasteiger partial charge in [0.25, 0.3) is 0 Å². The standard InChI is InChI=1S/C14H20N2O3S/c1-10-3-6-13(11(2)9-10)20(18,19)15-8-7-14(17)16-12-4-5-12/h3,6,9,12,15H,4-5,7-8H2,1-2H3,(H,16,17). The van der Waals surface area contributed by atoms with E-state index in [0.29, 0.717) is 11.6 Å². The highest BCUT2D eigenvalue weighted by Crippen LogP contribution is 2.18. The van der Waals surface area contributed by atoms with Crippen LogP contribution in [0, 0.1) is 13.8 Å². The molecule has 20 heavy (non-hydrogen) atoms. The molecule has 0 atom stereocenters. The molecule has 5 nitrogen and oxygen atoms in total. The second-order valence-corrected chi connectivity index (χ2v) is 6.99. The first-order valence-electron chi connectivity index (χ1n) is 6.75. The lowest BCUT2D eigenvalue weighted by molar-refractivity contribution is -0.121. The zero-order chi connectivity index (χ0) is 14.8. The molecule has 0 aromatic heterocycles. The average Bonchev–Trinajstić information content (AvgIpc) is 3.11. The minimum absolute atomic E-state index is 0.101. The smallest absolute Gasteiger partial charge is 0.240 e. The highest BCUT2D eigenvalue weighted by molar-refractivity contribution is 7.89. The Kier molecular flexibility index (Phi) is 4.45. The van der Waals surface area contributed by atoms with Crippen molar-refractivity contribution in [2.75, 3.05) is 6.54 Å². The molecule has 0 heterocycles. The van der Waals surface area contributed by atoms with Gasteiger partial charge in [0.05, 0.1) is 4.90 Å². The number of sulfonamides is 1. The minimum Gasteiger partial charge on any atom is -0.353 e. The highest BCUT2D eigenvalue weighted by atomic mass is 32.2. The summed E-state index contributed by atoms with van der Waals surface area (Å²) in [7, 11) is -3.55. The van der Waals surface area contributed by atoms with Gasteiger partial charge >= 0.3 is 0 Å². The third-order valence-electron chi connectivity index (χ3n) is 3.21. The maximum atomic E-state index is 12.1. The van der Waals surface area contributed by atoms with Crippen molar-refractivity contribution in [3.05, 3.63) is 29.3 Å². The van der Waals surface area contributed by atoms with E-state index in [9.17, 15) is 13.2 Å². The highest BCUT2D eigenvalue weighted by Gasteiger charge is 2.23. The number of hydrogen-bond donors (Lipinski definition) is 2. The first kappa shape index (κ1) is 15.0. The van der Waals surface area contributed by atoms with E-state index in [1.807, 2.05) is 13.0 Å². The minimum atomic E-state index is -3.55. The molecule has 1 amide bonds. The molecule has 2 N–H and O–H groups in total. The summed E-state index contributed by atoms with van der Waals surface area (Å²) in [6.07, 6.45) is 2.22. The maximum absolute atomic E-state index is 12.1. The summed E-state index contributed by atoms with van der Waals surface area (Å²) in [6.45, 7) is 3.80. The quantitative estimate of drug-likeness (QED) is 0.829. The second-order valence-electron chi connectivity index (χ2n) is 5.26. The van der Waals surface area contributed by atoms with E-state index in [2.05, 4.69) is 10.0 Å². The maximum Gasteiger partial charge on any atom is 0.240 e. The van der Waals surface area contributed by atoms with Crippen molar-refractivity contribution in [1.29, 1.82) is 0 Å². The molecule has 1 aliphatic carbocycles.